The highest BCUT2D eigenvalue weighted by molar-refractivity contribution is 7.09. The van der Waals surface area contributed by atoms with Gasteiger partial charge in [-0.2, -0.15) is 0 Å². The van der Waals surface area contributed by atoms with Crippen molar-refractivity contribution >= 4 is 17.3 Å². The van der Waals surface area contributed by atoms with Crippen LogP contribution in [-0.4, -0.2) is 33.8 Å². The average Bonchev–Trinajstić information content (AvgIpc) is 3.40. The van der Waals surface area contributed by atoms with Gasteiger partial charge in [-0.1, -0.05) is 43.3 Å². The van der Waals surface area contributed by atoms with Crippen LogP contribution in [0.4, 0.5) is 0 Å². The topological polar surface area (TPSA) is 67.1 Å². The molecule has 0 aliphatic heterocycles. The van der Waals surface area contributed by atoms with E-state index in [-0.39, 0.29) is 6.04 Å². The third-order valence-electron chi connectivity index (χ3n) is 4.52. The summed E-state index contributed by atoms with van der Waals surface area (Å²) >= 11 is 1.78. The minimum atomic E-state index is 0.176. The molecule has 0 radical (unpaired) electrons. The van der Waals surface area contributed by atoms with Crippen molar-refractivity contribution in [3.05, 3.63) is 70.4 Å². The highest BCUT2D eigenvalue weighted by Crippen LogP contribution is 2.11. The molecule has 0 bridgehead atoms. The van der Waals surface area contributed by atoms with Crippen LogP contribution < -0.4 is 10.6 Å². The number of hydrogen-bond donors (Lipinski definition) is 2. The Morgan fingerprint density at radius 3 is 2.82 bits per heavy atom. The quantitative estimate of drug-likeness (QED) is 0.429. The maximum absolute atomic E-state index is 4.79. The minimum Gasteiger partial charge on any atom is -0.355 e. The van der Waals surface area contributed by atoms with E-state index in [4.69, 9.17) is 4.99 Å². The van der Waals surface area contributed by atoms with Crippen LogP contribution in [0, 0.1) is 0 Å². The summed E-state index contributed by atoms with van der Waals surface area (Å²) in [5, 5.41) is 17.2. The summed E-state index contributed by atoms with van der Waals surface area (Å²) in [6.07, 6.45) is 3.62. The molecular weight excluding hydrogens is 368 g/mol. The van der Waals surface area contributed by atoms with Gasteiger partial charge in [0.25, 0.3) is 0 Å². The number of aryl methyl sites for hydroxylation is 1. The number of hydrogen-bond acceptors (Lipinski definition) is 4. The van der Waals surface area contributed by atoms with Crippen molar-refractivity contribution in [3.8, 4) is 0 Å². The second-order valence-electron chi connectivity index (χ2n) is 6.56. The molecule has 28 heavy (non-hydrogen) atoms. The number of guanidine groups is 1. The fraction of sp³-hybridized carbons (Fsp3) is 0.381. The Bertz CT molecular complexity index is 841. The SMILES string of the molecule is CCc1nncn1CCNC(=NCCc1cccs1)NC(C)c1ccccc1. The van der Waals surface area contributed by atoms with Crippen LogP contribution in [0.5, 0.6) is 0 Å². The van der Waals surface area contributed by atoms with Crippen molar-refractivity contribution in [3.63, 3.8) is 0 Å². The minimum absolute atomic E-state index is 0.176. The molecule has 6 nitrogen and oxygen atoms in total. The molecule has 0 aliphatic rings. The first kappa shape index (κ1) is 20.1. The maximum Gasteiger partial charge on any atom is 0.191 e. The smallest absolute Gasteiger partial charge is 0.191 e. The monoisotopic (exact) mass is 396 g/mol. The Balaban J connectivity index is 1.59. The Hall–Kier alpha value is -2.67. The summed E-state index contributed by atoms with van der Waals surface area (Å²) in [4.78, 5) is 6.14. The summed E-state index contributed by atoms with van der Waals surface area (Å²) in [6, 6.07) is 14.8. The fourth-order valence-corrected chi connectivity index (χ4v) is 3.65. The second kappa shape index (κ2) is 10.6. The molecule has 7 heteroatoms. The first-order valence-corrected chi connectivity index (χ1v) is 10.6. The highest BCUT2D eigenvalue weighted by Gasteiger charge is 2.08. The molecule has 3 rings (SSSR count). The van der Waals surface area contributed by atoms with Crippen LogP contribution in [0.3, 0.4) is 0 Å². The number of aromatic nitrogens is 3. The van der Waals surface area contributed by atoms with Crippen LogP contribution in [0.15, 0.2) is 59.2 Å². The molecule has 0 saturated carbocycles. The van der Waals surface area contributed by atoms with Gasteiger partial charge in [0.1, 0.15) is 12.2 Å². The lowest BCUT2D eigenvalue weighted by molar-refractivity contribution is 0.619. The number of nitrogens with one attached hydrogen (secondary N) is 2. The van der Waals surface area contributed by atoms with Gasteiger partial charge < -0.3 is 15.2 Å². The van der Waals surface area contributed by atoms with E-state index in [2.05, 4.69) is 81.0 Å². The van der Waals surface area contributed by atoms with Crippen LogP contribution in [-0.2, 0) is 19.4 Å². The van der Waals surface area contributed by atoms with E-state index in [0.717, 1.165) is 44.3 Å². The number of benzene rings is 1. The molecule has 2 N–H and O–H groups in total. The van der Waals surface area contributed by atoms with Crippen molar-refractivity contribution in [2.24, 2.45) is 4.99 Å². The lowest BCUT2D eigenvalue weighted by atomic mass is 10.1. The molecule has 3 aromatic rings. The van der Waals surface area contributed by atoms with E-state index < -0.39 is 0 Å². The number of rotatable bonds is 9. The highest BCUT2D eigenvalue weighted by atomic mass is 32.1. The molecule has 0 saturated heterocycles. The van der Waals surface area contributed by atoms with E-state index in [1.54, 1.807) is 17.7 Å². The predicted octanol–water partition coefficient (Wildman–Crippen LogP) is 3.44. The molecule has 148 valence electrons. The zero-order valence-corrected chi connectivity index (χ0v) is 17.3. The lowest BCUT2D eigenvalue weighted by Gasteiger charge is -2.19. The second-order valence-corrected chi connectivity index (χ2v) is 7.59. The molecule has 0 spiro atoms. The maximum atomic E-state index is 4.79. The first-order valence-electron chi connectivity index (χ1n) is 9.75. The van der Waals surface area contributed by atoms with Crippen LogP contribution in [0.2, 0.25) is 0 Å². The van der Waals surface area contributed by atoms with Gasteiger partial charge in [-0.05, 0) is 23.9 Å². The van der Waals surface area contributed by atoms with E-state index in [1.807, 2.05) is 6.07 Å². The van der Waals surface area contributed by atoms with E-state index in [9.17, 15) is 0 Å². The number of thiophene rings is 1. The molecule has 0 amide bonds. The predicted molar refractivity (Wildman–Crippen MR) is 116 cm³/mol. The summed E-state index contributed by atoms with van der Waals surface area (Å²) in [7, 11) is 0. The van der Waals surface area contributed by atoms with E-state index in [0.29, 0.717) is 0 Å². The molecule has 1 unspecified atom stereocenters. The van der Waals surface area contributed by atoms with E-state index >= 15 is 0 Å². The van der Waals surface area contributed by atoms with Crippen molar-refractivity contribution in [1.29, 1.82) is 0 Å². The van der Waals surface area contributed by atoms with Gasteiger partial charge in [-0.15, -0.1) is 21.5 Å². The summed E-state index contributed by atoms with van der Waals surface area (Å²) in [6.45, 7) is 6.57. The third-order valence-corrected chi connectivity index (χ3v) is 5.45. The van der Waals surface area contributed by atoms with Gasteiger partial charge in [0.15, 0.2) is 5.96 Å². The normalized spacial score (nSPS) is 12.7. The molecular formula is C21H28N6S. The third kappa shape index (κ3) is 5.92. The average molecular weight is 397 g/mol. The Labute approximate surface area is 170 Å². The molecule has 0 aliphatic carbocycles. The standard InChI is InChI=1S/C21H28N6S/c1-3-20-26-24-16-27(20)14-13-23-21(22-12-11-19-10-7-15-28-19)25-17(2)18-8-5-4-6-9-18/h4-10,15-17H,3,11-14H2,1-2H3,(H2,22,23,25). The van der Waals surface area contributed by atoms with Crippen LogP contribution in [0.1, 0.15) is 36.2 Å². The van der Waals surface area contributed by atoms with Crippen molar-refractivity contribution in [2.45, 2.75) is 39.3 Å². The Kier molecular flexibility index (Phi) is 7.61. The Morgan fingerprint density at radius 2 is 2.07 bits per heavy atom. The molecule has 2 heterocycles. The van der Waals surface area contributed by atoms with Crippen LogP contribution >= 0.6 is 11.3 Å². The molecule has 0 fully saturated rings. The Morgan fingerprint density at radius 1 is 1.21 bits per heavy atom. The zero-order valence-electron chi connectivity index (χ0n) is 16.5. The van der Waals surface area contributed by atoms with Crippen molar-refractivity contribution in [2.75, 3.05) is 13.1 Å². The summed E-state index contributed by atoms with van der Waals surface area (Å²) < 4.78 is 2.08. The van der Waals surface area contributed by atoms with Crippen LogP contribution in [0.25, 0.3) is 0 Å². The van der Waals surface area contributed by atoms with Gasteiger partial charge in [0.05, 0.1) is 6.04 Å². The number of nitrogens with zero attached hydrogens (tertiary/aromatic N) is 4. The zero-order chi connectivity index (χ0) is 19.6. The largest absolute Gasteiger partial charge is 0.355 e. The summed E-state index contributed by atoms with van der Waals surface area (Å²) in [5.74, 6) is 1.84. The lowest BCUT2D eigenvalue weighted by Crippen LogP contribution is -2.40. The number of aliphatic imine (C=N–C) groups is 1. The first-order chi connectivity index (χ1) is 13.8. The van der Waals surface area contributed by atoms with E-state index in [1.165, 1.54) is 10.4 Å². The fourth-order valence-electron chi connectivity index (χ4n) is 2.95. The van der Waals surface area contributed by atoms with Gasteiger partial charge in [-0.3, -0.25) is 4.99 Å². The summed E-state index contributed by atoms with van der Waals surface area (Å²) in [5.41, 5.74) is 1.24. The molecule has 1 aromatic carbocycles. The van der Waals surface area contributed by atoms with Gasteiger partial charge in [0, 0.05) is 37.4 Å². The molecule has 1 atom stereocenters. The molecule has 2 aromatic heterocycles. The van der Waals surface area contributed by atoms with Crippen molar-refractivity contribution in [1.82, 2.24) is 25.4 Å². The van der Waals surface area contributed by atoms with Gasteiger partial charge >= 0.3 is 0 Å². The van der Waals surface area contributed by atoms with Gasteiger partial charge in [-0.25, -0.2) is 0 Å². The van der Waals surface area contributed by atoms with Crippen molar-refractivity contribution < 1.29 is 0 Å². The van der Waals surface area contributed by atoms with Gasteiger partial charge in [0.2, 0.25) is 0 Å².